The van der Waals surface area contributed by atoms with Gasteiger partial charge in [-0.05, 0) is 44.0 Å². The summed E-state index contributed by atoms with van der Waals surface area (Å²) in [6.07, 6.45) is 2.38. The van der Waals surface area contributed by atoms with Gasteiger partial charge in [0.25, 0.3) is 0 Å². The predicted molar refractivity (Wildman–Crippen MR) is 65.8 cm³/mol. The molecule has 1 fully saturated rings. The molecule has 1 atom stereocenters. The Labute approximate surface area is 99.2 Å². The number of benzene rings is 1. The van der Waals surface area contributed by atoms with E-state index in [2.05, 4.69) is 15.3 Å². The largest absolute Gasteiger partial charge is 0.341 e. The molecule has 3 nitrogen and oxygen atoms in total. The van der Waals surface area contributed by atoms with Crippen LogP contribution >= 0.6 is 11.6 Å². The van der Waals surface area contributed by atoms with E-state index in [0.29, 0.717) is 6.04 Å². The van der Waals surface area contributed by atoms with Crippen LogP contribution in [-0.2, 0) is 0 Å². The Morgan fingerprint density at radius 3 is 3.06 bits per heavy atom. The van der Waals surface area contributed by atoms with E-state index < -0.39 is 0 Å². The van der Waals surface area contributed by atoms with Crippen molar-refractivity contribution in [2.45, 2.75) is 25.8 Å². The molecule has 0 unspecified atom stereocenters. The van der Waals surface area contributed by atoms with E-state index in [4.69, 9.17) is 11.6 Å². The van der Waals surface area contributed by atoms with Crippen molar-refractivity contribution < 1.29 is 0 Å². The third kappa shape index (κ3) is 1.51. The highest BCUT2D eigenvalue weighted by molar-refractivity contribution is 6.32. The van der Waals surface area contributed by atoms with Gasteiger partial charge in [-0.15, -0.1) is 0 Å². The summed E-state index contributed by atoms with van der Waals surface area (Å²) in [4.78, 5) is 8.03. The zero-order valence-electron chi connectivity index (χ0n) is 9.18. The van der Waals surface area contributed by atoms with Crippen LogP contribution in [-0.4, -0.2) is 16.5 Å². The summed E-state index contributed by atoms with van der Waals surface area (Å²) in [6, 6.07) is 4.30. The maximum absolute atomic E-state index is 6.09. The summed E-state index contributed by atoms with van der Waals surface area (Å²) < 4.78 is 0. The molecule has 2 aromatic rings. The summed E-state index contributed by atoms with van der Waals surface area (Å²) in [6.45, 7) is 3.10. The van der Waals surface area contributed by atoms with Gasteiger partial charge in [-0.25, -0.2) is 4.98 Å². The highest BCUT2D eigenvalue weighted by atomic mass is 35.5. The van der Waals surface area contributed by atoms with Crippen molar-refractivity contribution in [3.8, 4) is 0 Å². The van der Waals surface area contributed by atoms with Gasteiger partial charge in [0, 0.05) is 5.02 Å². The third-order valence-electron chi connectivity index (χ3n) is 3.25. The molecule has 1 aliphatic heterocycles. The normalized spacial score (nSPS) is 20.8. The highest BCUT2D eigenvalue weighted by Crippen LogP contribution is 2.27. The van der Waals surface area contributed by atoms with E-state index in [-0.39, 0.29) is 0 Å². The summed E-state index contributed by atoms with van der Waals surface area (Å²) in [5.41, 5.74) is 3.13. The fraction of sp³-hybridized carbons (Fsp3) is 0.417. The molecule has 0 aliphatic carbocycles. The lowest BCUT2D eigenvalue weighted by Gasteiger charge is -2.04. The summed E-state index contributed by atoms with van der Waals surface area (Å²) in [5.74, 6) is 1.04. The second kappa shape index (κ2) is 3.75. The Hall–Kier alpha value is -1.06. The topological polar surface area (TPSA) is 40.7 Å². The van der Waals surface area contributed by atoms with Gasteiger partial charge < -0.3 is 10.3 Å². The average molecular weight is 236 g/mol. The summed E-state index contributed by atoms with van der Waals surface area (Å²) >= 11 is 6.09. The first-order valence-corrected chi connectivity index (χ1v) is 6.01. The molecule has 84 valence electrons. The summed E-state index contributed by atoms with van der Waals surface area (Å²) in [5, 5.41) is 4.22. The van der Waals surface area contributed by atoms with Crippen LogP contribution in [0.15, 0.2) is 12.1 Å². The number of aromatic nitrogens is 2. The summed E-state index contributed by atoms with van der Waals surface area (Å²) in [7, 11) is 0. The van der Waals surface area contributed by atoms with Crippen molar-refractivity contribution in [1.29, 1.82) is 0 Å². The number of hydrogen-bond acceptors (Lipinski definition) is 2. The van der Waals surface area contributed by atoms with Crippen molar-refractivity contribution >= 4 is 22.6 Å². The molecule has 1 aliphatic rings. The minimum absolute atomic E-state index is 0.380. The van der Waals surface area contributed by atoms with Crippen LogP contribution in [0.2, 0.25) is 5.02 Å². The van der Waals surface area contributed by atoms with Crippen LogP contribution in [0, 0.1) is 6.92 Å². The average Bonchev–Trinajstić information content (AvgIpc) is 2.91. The molecule has 1 saturated heterocycles. The second-order valence-electron chi connectivity index (χ2n) is 4.34. The number of nitrogens with one attached hydrogen (secondary N) is 2. The zero-order chi connectivity index (χ0) is 11.1. The van der Waals surface area contributed by atoms with Crippen LogP contribution < -0.4 is 5.32 Å². The number of imidazole rings is 1. The molecule has 0 spiro atoms. The molecule has 4 heteroatoms. The number of halogens is 1. The van der Waals surface area contributed by atoms with E-state index in [9.17, 15) is 0 Å². The molecule has 2 N–H and O–H groups in total. The molecule has 1 aromatic heterocycles. The van der Waals surface area contributed by atoms with Gasteiger partial charge >= 0.3 is 0 Å². The number of rotatable bonds is 1. The molecule has 16 heavy (non-hydrogen) atoms. The molecular formula is C12H14ClN3. The first-order valence-electron chi connectivity index (χ1n) is 5.64. The quantitative estimate of drug-likeness (QED) is 0.798. The minimum Gasteiger partial charge on any atom is -0.341 e. The van der Waals surface area contributed by atoms with E-state index in [1.165, 1.54) is 6.42 Å². The first kappa shape index (κ1) is 10.1. The Morgan fingerprint density at radius 2 is 2.31 bits per heavy atom. The van der Waals surface area contributed by atoms with Crippen molar-refractivity contribution in [2.24, 2.45) is 0 Å². The number of H-pyrrole nitrogens is 1. The van der Waals surface area contributed by atoms with Gasteiger partial charge in [0.1, 0.15) is 5.82 Å². The fourth-order valence-corrected chi connectivity index (χ4v) is 2.44. The van der Waals surface area contributed by atoms with Crippen LogP contribution in [0.4, 0.5) is 0 Å². The maximum atomic E-state index is 6.09. The van der Waals surface area contributed by atoms with Crippen LogP contribution in [0.5, 0.6) is 0 Å². The van der Waals surface area contributed by atoms with Crippen LogP contribution in [0.25, 0.3) is 11.0 Å². The van der Waals surface area contributed by atoms with Gasteiger partial charge in [-0.1, -0.05) is 11.6 Å². The SMILES string of the molecule is Cc1c(Cl)ccc2[nH]c([C@@H]3CCCN3)nc12. The highest BCUT2D eigenvalue weighted by Gasteiger charge is 2.20. The maximum Gasteiger partial charge on any atom is 0.124 e. The minimum atomic E-state index is 0.380. The van der Waals surface area contributed by atoms with E-state index in [1.54, 1.807) is 0 Å². The van der Waals surface area contributed by atoms with E-state index >= 15 is 0 Å². The molecule has 1 aromatic carbocycles. The molecule has 0 amide bonds. The van der Waals surface area contributed by atoms with Gasteiger partial charge in [-0.2, -0.15) is 0 Å². The van der Waals surface area contributed by atoms with Crippen molar-refractivity contribution in [1.82, 2.24) is 15.3 Å². The number of fused-ring (bicyclic) bond motifs is 1. The molecular weight excluding hydrogens is 222 g/mol. The molecule has 3 rings (SSSR count). The Balaban J connectivity index is 2.11. The monoisotopic (exact) mass is 235 g/mol. The van der Waals surface area contributed by atoms with Gasteiger partial charge in [0.05, 0.1) is 17.1 Å². The molecule has 0 radical (unpaired) electrons. The molecule has 2 heterocycles. The Morgan fingerprint density at radius 1 is 1.44 bits per heavy atom. The molecule has 0 saturated carbocycles. The lowest BCUT2D eigenvalue weighted by Crippen LogP contribution is -2.14. The van der Waals surface area contributed by atoms with Crippen molar-refractivity contribution in [3.63, 3.8) is 0 Å². The first-order chi connectivity index (χ1) is 7.75. The third-order valence-corrected chi connectivity index (χ3v) is 3.66. The predicted octanol–water partition coefficient (Wildman–Crippen LogP) is 2.95. The molecule has 0 bridgehead atoms. The fourth-order valence-electron chi connectivity index (χ4n) is 2.29. The Bertz CT molecular complexity index is 526. The van der Waals surface area contributed by atoms with Gasteiger partial charge in [-0.3, -0.25) is 0 Å². The number of aryl methyl sites for hydroxylation is 1. The van der Waals surface area contributed by atoms with Crippen molar-refractivity contribution in [2.75, 3.05) is 6.54 Å². The lowest BCUT2D eigenvalue weighted by molar-refractivity contribution is 0.614. The van der Waals surface area contributed by atoms with Crippen molar-refractivity contribution in [3.05, 3.63) is 28.5 Å². The number of hydrogen-bond donors (Lipinski definition) is 2. The lowest BCUT2D eigenvalue weighted by atomic mass is 10.2. The standard InChI is InChI=1S/C12H14ClN3/c1-7-8(13)4-5-9-11(7)16-12(15-9)10-3-2-6-14-10/h4-5,10,14H,2-3,6H2,1H3,(H,15,16)/t10-/m0/s1. The second-order valence-corrected chi connectivity index (χ2v) is 4.75. The van der Waals surface area contributed by atoms with Gasteiger partial charge in [0.15, 0.2) is 0 Å². The van der Waals surface area contributed by atoms with Crippen LogP contribution in [0.3, 0.4) is 0 Å². The smallest absolute Gasteiger partial charge is 0.124 e. The zero-order valence-corrected chi connectivity index (χ0v) is 9.93. The number of aromatic amines is 1. The van der Waals surface area contributed by atoms with Gasteiger partial charge in [0.2, 0.25) is 0 Å². The Kier molecular flexibility index (Phi) is 2.37. The van der Waals surface area contributed by atoms with E-state index in [0.717, 1.165) is 40.4 Å². The number of nitrogens with zero attached hydrogens (tertiary/aromatic N) is 1. The van der Waals surface area contributed by atoms with E-state index in [1.807, 2.05) is 19.1 Å². The van der Waals surface area contributed by atoms with Crippen LogP contribution in [0.1, 0.15) is 30.3 Å².